The third-order valence-electron chi connectivity index (χ3n) is 3.77. The van der Waals surface area contributed by atoms with E-state index in [9.17, 15) is 0 Å². The Morgan fingerprint density at radius 1 is 1.26 bits per heavy atom. The maximum absolute atomic E-state index is 6.49. The molecule has 1 saturated heterocycles. The Hall–Kier alpha value is -1.25. The molecule has 1 aromatic carbocycles. The maximum atomic E-state index is 6.49. The van der Waals surface area contributed by atoms with E-state index in [0.29, 0.717) is 22.4 Å². The van der Waals surface area contributed by atoms with E-state index in [1.54, 1.807) is 16.0 Å². The van der Waals surface area contributed by atoms with Crippen molar-refractivity contribution in [3.8, 4) is 10.8 Å². The standard InChI is InChI=1S/C15H14ClN3O2S2/c16-12-10-3-1-2-4-11(10)23-13(12)14-17-19(15(22)21-14)9-18-5-7-20-8-6-18/h1-4H,5-9H2. The molecule has 0 unspecified atom stereocenters. The van der Waals surface area contributed by atoms with Gasteiger partial charge in [0.05, 0.1) is 24.9 Å². The Morgan fingerprint density at radius 2 is 2.04 bits per heavy atom. The summed E-state index contributed by atoms with van der Waals surface area (Å²) in [5.74, 6) is 0.481. The number of nitrogens with zero attached hydrogens (tertiary/aromatic N) is 3. The topological polar surface area (TPSA) is 43.4 Å². The van der Waals surface area contributed by atoms with Gasteiger partial charge in [0, 0.05) is 23.2 Å². The number of rotatable bonds is 3. The van der Waals surface area contributed by atoms with Gasteiger partial charge in [-0.05, 0) is 18.3 Å². The molecule has 1 aliphatic heterocycles. The van der Waals surface area contributed by atoms with Gasteiger partial charge in [-0.15, -0.1) is 16.4 Å². The van der Waals surface area contributed by atoms with E-state index in [0.717, 1.165) is 41.3 Å². The van der Waals surface area contributed by atoms with Crippen molar-refractivity contribution < 1.29 is 9.15 Å². The third-order valence-corrected chi connectivity index (χ3v) is 5.73. The van der Waals surface area contributed by atoms with Gasteiger partial charge in [-0.25, -0.2) is 4.68 Å². The lowest BCUT2D eigenvalue weighted by molar-refractivity contribution is 0.0206. The van der Waals surface area contributed by atoms with Gasteiger partial charge in [0.1, 0.15) is 4.88 Å². The lowest BCUT2D eigenvalue weighted by Gasteiger charge is -2.25. The average Bonchev–Trinajstić information content (AvgIpc) is 3.10. The first-order valence-electron chi connectivity index (χ1n) is 7.28. The van der Waals surface area contributed by atoms with E-state index in [-0.39, 0.29) is 0 Å². The smallest absolute Gasteiger partial charge is 0.288 e. The summed E-state index contributed by atoms with van der Waals surface area (Å²) in [5.41, 5.74) is 0. The average molecular weight is 368 g/mol. The first-order valence-corrected chi connectivity index (χ1v) is 8.88. The largest absolute Gasteiger partial charge is 0.408 e. The molecule has 0 atom stereocenters. The Morgan fingerprint density at radius 3 is 2.83 bits per heavy atom. The molecule has 5 nitrogen and oxygen atoms in total. The summed E-state index contributed by atoms with van der Waals surface area (Å²) in [5, 5.41) is 6.20. The molecule has 8 heteroatoms. The van der Waals surface area contributed by atoms with E-state index in [1.807, 2.05) is 24.3 Å². The van der Waals surface area contributed by atoms with Gasteiger partial charge < -0.3 is 9.15 Å². The SMILES string of the molecule is S=c1oc(-c2sc3ccccc3c2Cl)nn1CN1CCOCC1. The number of aromatic nitrogens is 2. The number of thiophene rings is 1. The first kappa shape index (κ1) is 15.3. The maximum Gasteiger partial charge on any atom is 0.288 e. The lowest BCUT2D eigenvalue weighted by atomic mass is 10.2. The lowest BCUT2D eigenvalue weighted by Crippen LogP contribution is -2.37. The zero-order valence-corrected chi connectivity index (χ0v) is 14.6. The fourth-order valence-corrected chi connectivity index (χ4v) is 4.18. The summed E-state index contributed by atoms with van der Waals surface area (Å²) in [4.78, 5) is 3.41. The summed E-state index contributed by atoms with van der Waals surface area (Å²) in [6.45, 7) is 3.82. The van der Waals surface area contributed by atoms with Crippen LogP contribution in [0.2, 0.25) is 5.02 Å². The highest BCUT2D eigenvalue weighted by molar-refractivity contribution is 7.71. The predicted molar refractivity (Wildman–Crippen MR) is 93.5 cm³/mol. The fraction of sp³-hybridized carbons (Fsp3) is 0.333. The van der Waals surface area contributed by atoms with Gasteiger partial charge in [-0.2, -0.15) is 0 Å². The molecule has 0 amide bonds. The highest BCUT2D eigenvalue weighted by atomic mass is 35.5. The number of hydrogen-bond donors (Lipinski definition) is 0. The molecule has 120 valence electrons. The Bertz CT molecular complexity index is 896. The Balaban J connectivity index is 1.67. The van der Waals surface area contributed by atoms with E-state index in [2.05, 4.69) is 10.00 Å². The van der Waals surface area contributed by atoms with Gasteiger partial charge in [0.2, 0.25) is 0 Å². The highest BCUT2D eigenvalue weighted by Crippen LogP contribution is 2.41. The van der Waals surface area contributed by atoms with Gasteiger partial charge >= 0.3 is 0 Å². The Labute approximate surface area is 147 Å². The Kier molecular flexibility index (Phi) is 4.21. The van der Waals surface area contributed by atoms with E-state index >= 15 is 0 Å². The van der Waals surface area contributed by atoms with Crippen LogP contribution in [0.4, 0.5) is 0 Å². The van der Waals surface area contributed by atoms with Crippen LogP contribution >= 0.6 is 35.2 Å². The van der Waals surface area contributed by atoms with Gasteiger partial charge in [-0.1, -0.05) is 29.8 Å². The number of ether oxygens (including phenoxy) is 1. The molecule has 1 fully saturated rings. The van der Waals surface area contributed by atoms with Gasteiger partial charge in [0.15, 0.2) is 0 Å². The molecule has 0 radical (unpaired) electrons. The van der Waals surface area contributed by atoms with Crippen molar-refractivity contribution in [3.05, 3.63) is 34.1 Å². The van der Waals surface area contributed by atoms with Gasteiger partial charge in [0.25, 0.3) is 10.7 Å². The summed E-state index contributed by atoms with van der Waals surface area (Å²) in [7, 11) is 0. The van der Waals surface area contributed by atoms with Crippen LogP contribution in [0.15, 0.2) is 28.7 Å². The van der Waals surface area contributed by atoms with E-state index in [1.165, 1.54) is 0 Å². The minimum absolute atomic E-state index is 0.361. The van der Waals surface area contributed by atoms with E-state index < -0.39 is 0 Å². The normalized spacial score (nSPS) is 16.2. The summed E-state index contributed by atoms with van der Waals surface area (Å²) in [6, 6.07) is 7.99. The van der Waals surface area contributed by atoms with Crippen molar-refractivity contribution in [2.45, 2.75) is 6.67 Å². The monoisotopic (exact) mass is 367 g/mol. The number of benzene rings is 1. The first-order chi connectivity index (χ1) is 11.2. The van der Waals surface area contributed by atoms with Crippen molar-refractivity contribution >= 4 is 45.2 Å². The van der Waals surface area contributed by atoms with Crippen molar-refractivity contribution in [3.63, 3.8) is 0 Å². The molecule has 0 bridgehead atoms. The molecule has 2 aromatic heterocycles. The number of fused-ring (bicyclic) bond motifs is 1. The van der Waals surface area contributed by atoms with Crippen LogP contribution in [-0.4, -0.2) is 41.0 Å². The zero-order valence-electron chi connectivity index (χ0n) is 12.2. The molecule has 1 aliphatic rings. The highest BCUT2D eigenvalue weighted by Gasteiger charge is 2.19. The number of hydrogen-bond acceptors (Lipinski definition) is 6. The van der Waals surface area contributed by atoms with Crippen LogP contribution in [0.5, 0.6) is 0 Å². The number of morpholine rings is 1. The fourth-order valence-electron chi connectivity index (χ4n) is 2.57. The van der Waals surface area contributed by atoms with Crippen molar-refractivity contribution in [2.75, 3.05) is 26.3 Å². The summed E-state index contributed by atoms with van der Waals surface area (Å²) < 4.78 is 13.9. The van der Waals surface area contributed by atoms with Crippen LogP contribution in [0.25, 0.3) is 20.9 Å². The minimum Gasteiger partial charge on any atom is -0.408 e. The number of halogens is 1. The molecule has 0 saturated carbocycles. The quantitative estimate of drug-likeness (QED) is 0.654. The molecule has 0 spiro atoms. The molecule has 23 heavy (non-hydrogen) atoms. The van der Waals surface area contributed by atoms with Crippen molar-refractivity contribution in [2.24, 2.45) is 0 Å². The molecule has 0 aliphatic carbocycles. The third kappa shape index (κ3) is 2.95. The molecule has 3 heterocycles. The summed E-state index contributed by atoms with van der Waals surface area (Å²) >= 11 is 13.4. The second-order valence-corrected chi connectivity index (χ2v) is 7.07. The zero-order chi connectivity index (χ0) is 15.8. The second kappa shape index (κ2) is 6.33. The molecular weight excluding hydrogens is 354 g/mol. The predicted octanol–water partition coefficient (Wildman–Crippen LogP) is 4.03. The summed E-state index contributed by atoms with van der Waals surface area (Å²) in [6.07, 6.45) is 0. The van der Waals surface area contributed by atoms with Crippen LogP contribution in [0, 0.1) is 4.84 Å². The molecule has 3 aromatic rings. The molecule has 4 rings (SSSR count). The van der Waals surface area contributed by atoms with E-state index in [4.69, 9.17) is 33.0 Å². The molecular formula is C15H14ClN3O2S2. The van der Waals surface area contributed by atoms with Crippen LogP contribution < -0.4 is 0 Å². The van der Waals surface area contributed by atoms with Crippen LogP contribution in [0.1, 0.15) is 0 Å². The van der Waals surface area contributed by atoms with Crippen LogP contribution in [-0.2, 0) is 11.4 Å². The molecule has 0 N–H and O–H groups in total. The van der Waals surface area contributed by atoms with Gasteiger partial charge in [-0.3, -0.25) is 4.90 Å². The minimum atomic E-state index is 0.361. The van der Waals surface area contributed by atoms with Crippen LogP contribution in [0.3, 0.4) is 0 Å². The second-order valence-electron chi connectivity index (χ2n) is 5.29. The van der Waals surface area contributed by atoms with Crippen molar-refractivity contribution in [1.82, 2.24) is 14.7 Å². The van der Waals surface area contributed by atoms with Crippen molar-refractivity contribution in [1.29, 1.82) is 0 Å².